The van der Waals surface area contributed by atoms with E-state index >= 15 is 0 Å². The van der Waals surface area contributed by atoms with Crippen LogP contribution >= 0.6 is 0 Å². The van der Waals surface area contributed by atoms with Gasteiger partial charge in [-0.15, -0.1) is 0 Å². The predicted octanol–water partition coefficient (Wildman–Crippen LogP) is 0.740. The van der Waals surface area contributed by atoms with E-state index < -0.39 is 0 Å². The van der Waals surface area contributed by atoms with Gasteiger partial charge in [0.2, 0.25) is 0 Å². The van der Waals surface area contributed by atoms with Gasteiger partial charge in [-0.25, -0.2) is 0 Å². The summed E-state index contributed by atoms with van der Waals surface area (Å²) in [5, 5.41) is 14.5. The Hall–Kier alpha value is -1.62. The molecule has 0 aliphatic heterocycles. The molecule has 0 aliphatic rings. The van der Waals surface area contributed by atoms with Crippen LogP contribution in [-0.2, 0) is 6.42 Å². The summed E-state index contributed by atoms with van der Waals surface area (Å²) in [5.41, 5.74) is 6.43. The fourth-order valence-corrected chi connectivity index (χ4v) is 1.33. The quantitative estimate of drug-likeness (QED) is 0.209. The maximum absolute atomic E-state index is 8.32. The molecule has 0 unspecified atom stereocenters. The van der Waals surface area contributed by atoms with Crippen molar-refractivity contribution < 1.29 is 5.21 Å². The molecule has 0 fully saturated rings. The molecule has 0 bridgehead atoms. The minimum atomic E-state index is 0.284. The van der Waals surface area contributed by atoms with Crippen molar-refractivity contribution in [3.63, 3.8) is 0 Å². The standard InChI is InChI=1S/C11H18N4O/c12-11(15-16)5-3-7-13-9-6-10-4-1-2-8-14-10/h1-2,4,8,13,16H,3,5-7,9H2,(H2,12,15). The second-order valence-corrected chi connectivity index (χ2v) is 3.52. The lowest BCUT2D eigenvalue weighted by molar-refractivity contribution is 0.316. The number of rotatable bonds is 7. The second-order valence-electron chi connectivity index (χ2n) is 3.52. The molecule has 5 nitrogen and oxygen atoms in total. The molecule has 0 saturated carbocycles. The molecular weight excluding hydrogens is 204 g/mol. The van der Waals surface area contributed by atoms with Gasteiger partial charge in [0, 0.05) is 31.3 Å². The third-order valence-corrected chi connectivity index (χ3v) is 2.20. The van der Waals surface area contributed by atoms with Crippen LogP contribution in [0.1, 0.15) is 18.5 Å². The smallest absolute Gasteiger partial charge is 0.139 e. The largest absolute Gasteiger partial charge is 0.409 e. The lowest BCUT2D eigenvalue weighted by atomic mass is 10.2. The molecule has 1 aromatic heterocycles. The van der Waals surface area contributed by atoms with E-state index in [9.17, 15) is 0 Å². The topological polar surface area (TPSA) is 83.5 Å². The molecule has 4 N–H and O–H groups in total. The van der Waals surface area contributed by atoms with Crippen LogP contribution in [0.4, 0.5) is 0 Å². The van der Waals surface area contributed by atoms with E-state index in [0.29, 0.717) is 6.42 Å². The molecule has 1 heterocycles. The second kappa shape index (κ2) is 7.64. The van der Waals surface area contributed by atoms with E-state index in [0.717, 1.165) is 31.6 Å². The van der Waals surface area contributed by atoms with Crippen molar-refractivity contribution in [3.05, 3.63) is 30.1 Å². The highest BCUT2D eigenvalue weighted by Crippen LogP contribution is 1.93. The van der Waals surface area contributed by atoms with Crippen molar-refractivity contribution in [1.29, 1.82) is 0 Å². The highest BCUT2D eigenvalue weighted by atomic mass is 16.4. The van der Waals surface area contributed by atoms with Crippen molar-refractivity contribution in [2.45, 2.75) is 19.3 Å². The average molecular weight is 222 g/mol. The van der Waals surface area contributed by atoms with E-state index in [2.05, 4.69) is 15.5 Å². The number of oxime groups is 1. The number of nitrogens with zero attached hydrogens (tertiary/aromatic N) is 2. The molecule has 0 aliphatic carbocycles. The van der Waals surface area contributed by atoms with Gasteiger partial charge in [-0.2, -0.15) is 0 Å². The first-order valence-corrected chi connectivity index (χ1v) is 5.40. The number of hydrogen-bond acceptors (Lipinski definition) is 4. The van der Waals surface area contributed by atoms with Crippen LogP contribution in [0.25, 0.3) is 0 Å². The number of nitrogens with two attached hydrogens (primary N) is 1. The number of hydrogen-bond donors (Lipinski definition) is 3. The molecule has 16 heavy (non-hydrogen) atoms. The number of nitrogens with one attached hydrogen (secondary N) is 1. The molecule has 0 saturated heterocycles. The van der Waals surface area contributed by atoms with Gasteiger partial charge >= 0.3 is 0 Å². The normalized spacial score (nSPS) is 11.6. The van der Waals surface area contributed by atoms with Crippen LogP contribution in [0.3, 0.4) is 0 Å². The SMILES string of the molecule is NC(CCCNCCc1ccccn1)=NO. The van der Waals surface area contributed by atoms with E-state index in [1.165, 1.54) is 0 Å². The number of amidine groups is 1. The molecule has 1 rings (SSSR count). The van der Waals surface area contributed by atoms with Gasteiger partial charge in [-0.05, 0) is 25.1 Å². The number of pyridine rings is 1. The van der Waals surface area contributed by atoms with Gasteiger partial charge in [-0.3, -0.25) is 4.98 Å². The zero-order valence-corrected chi connectivity index (χ0v) is 9.26. The van der Waals surface area contributed by atoms with Gasteiger partial charge in [-0.1, -0.05) is 11.2 Å². The van der Waals surface area contributed by atoms with Crippen LogP contribution in [0, 0.1) is 0 Å². The van der Waals surface area contributed by atoms with Crippen LogP contribution in [0.15, 0.2) is 29.6 Å². The van der Waals surface area contributed by atoms with Gasteiger partial charge < -0.3 is 16.3 Å². The van der Waals surface area contributed by atoms with Crippen molar-refractivity contribution in [3.8, 4) is 0 Å². The molecule has 0 amide bonds. The Labute approximate surface area is 95.4 Å². The molecule has 0 atom stereocenters. The van der Waals surface area contributed by atoms with Crippen molar-refractivity contribution in [1.82, 2.24) is 10.3 Å². The fourth-order valence-electron chi connectivity index (χ4n) is 1.33. The monoisotopic (exact) mass is 222 g/mol. The number of aromatic nitrogens is 1. The summed E-state index contributed by atoms with van der Waals surface area (Å²) in [6, 6.07) is 5.91. The Kier molecular flexibility index (Phi) is 5.95. The lowest BCUT2D eigenvalue weighted by Crippen LogP contribution is -2.21. The highest BCUT2D eigenvalue weighted by Gasteiger charge is 1.94. The first-order valence-electron chi connectivity index (χ1n) is 5.40. The van der Waals surface area contributed by atoms with Crippen LogP contribution < -0.4 is 11.1 Å². The van der Waals surface area contributed by atoms with Crippen molar-refractivity contribution in [2.24, 2.45) is 10.9 Å². The summed E-state index contributed by atoms with van der Waals surface area (Å²) in [7, 11) is 0. The van der Waals surface area contributed by atoms with Gasteiger partial charge in [0.05, 0.1) is 0 Å². The van der Waals surface area contributed by atoms with Crippen LogP contribution in [-0.4, -0.2) is 29.1 Å². The molecular formula is C11H18N4O. The summed E-state index contributed by atoms with van der Waals surface area (Å²) in [6.07, 6.45) is 4.21. The van der Waals surface area contributed by atoms with Crippen molar-refractivity contribution >= 4 is 5.84 Å². The summed E-state index contributed by atoms with van der Waals surface area (Å²) in [4.78, 5) is 4.23. The van der Waals surface area contributed by atoms with E-state index in [1.807, 2.05) is 18.2 Å². The minimum absolute atomic E-state index is 0.284. The van der Waals surface area contributed by atoms with E-state index in [-0.39, 0.29) is 5.84 Å². The highest BCUT2D eigenvalue weighted by molar-refractivity contribution is 5.79. The average Bonchev–Trinajstić information content (AvgIpc) is 2.34. The third kappa shape index (κ3) is 5.31. The molecule has 88 valence electrons. The van der Waals surface area contributed by atoms with E-state index in [1.54, 1.807) is 6.20 Å². The van der Waals surface area contributed by atoms with Crippen LogP contribution in [0.2, 0.25) is 0 Å². The Bertz CT molecular complexity index is 313. The molecule has 0 aromatic carbocycles. The Morgan fingerprint density at radius 1 is 1.44 bits per heavy atom. The molecule has 5 heteroatoms. The van der Waals surface area contributed by atoms with Gasteiger partial charge in [0.1, 0.15) is 5.84 Å². The third-order valence-electron chi connectivity index (χ3n) is 2.20. The summed E-state index contributed by atoms with van der Waals surface area (Å²) in [6.45, 7) is 1.76. The zero-order valence-electron chi connectivity index (χ0n) is 9.26. The first kappa shape index (κ1) is 12.4. The zero-order chi connectivity index (χ0) is 11.6. The van der Waals surface area contributed by atoms with Gasteiger partial charge in [0.25, 0.3) is 0 Å². The maximum Gasteiger partial charge on any atom is 0.139 e. The predicted molar refractivity (Wildman–Crippen MR) is 63.5 cm³/mol. The van der Waals surface area contributed by atoms with Gasteiger partial charge in [0.15, 0.2) is 0 Å². The Morgan fingerprint density at radius 2 is 2.31 bits per heavy atom. The van der Waals surface area contributed by atoms with E-state index in [4.69, 9.17) is 10.9 Å². The summed E-state index contributed by atoms with van der Waals surface area (Å²) in [5.74, 6) is 0.284. The van der Waals surface area contributed by atoms with Crippen LogP contribution in [0.5, 0.6) is 0 Å². The Morgan fingerprint density at radius 3 is 3.00 bits per heavy atom. The summed E-state index contributed by atoms with van der Waals surface area (Å²) < 4.78 is 0. The fraction of sp³-hybridized carbons (Fsp3) is 0.455. The maximum atomic E-state index is 8.32. The van der Waals surface area contributed by atoms with Crippen molar-refractivity contribution in [2.75, 3.05) is 13.1 Å². The molecule has 0 radical (unpaired) electrons. The lowest BCUT2D eigenvalue weighted by Gasteiger charge is -2.03. The molecule has 0 spiro atoms. The first-order chi connectivity index (χ1) is 7.83. The summed E-state index contributed by atoms with van der Waals surface area (Å²) >= 11 is 0. The Balaban J connectivity index is 2.01. The molecule has 1 aromatic rings. The minimum Gasteiger partial charge on any atom is -0.409 e.